The Morgan fingerprint density at radius 3 is 2.88 bits per heavy atom. The van der Waals surface area contributed by atoms with Crippen LogP contribution in [0, 0.1) is 11.6 Å². The zero-order valence-corrected chi connectivity index (χ0v) is 9.45. The van der Waals surface area contributed by atoms with Crippen LogP contribution in [-0.2, 0) is 6.42 Å². The Hall–Kier alpha value is -1.75. The highest BCUT2D eigenvalue weighted by Crippen LogP contribution is 2.14. The first kappa shape index (κ1) is 11.7. The van der Waals surface area contributed by atoms with Gasteiger partial charge in [-0.05, 0) is 37.7 Å². The molecule has 0 atom stereocenters. The number of halogens is 2. The molecule has 0 spiro atoms. The maximum absolute atomic E-state index is 13.5. The van der Waals surface area contributed by atoms with Gasteiger partial charge in [0.1, 0.15) is 11.5 Å². The van der Waals surface area contributed by atoms with Gasteiger partial charge in [-0.3, -0.25) is 0 Å². The molecule has 17 heavy (non-hydrogen) atoms. The molecule has 0 saturated heterocycles. The molecular weight excluding hydrogens is 224 g/mol. The fourth-order valence-corrected chi connectivity index (χ4v) is 1.56. The quantitative estimate of drug-likeness (QED) is 0.880. The smallest absolute Gasteiger partial charge is 0.151 e. The monoisotopic (exact) mass is 237 g/mol. The molecule has 1 heterocycles. The maximum Gasteiger partial charge on any atom is 0.151 e. The molecule has 1 N–H and O–H groups in total. The van der Waals surface area contributed by atoms with Crippen LogP contribution in [0.1, 0.15) is 5.56 Å². The minimum atomic E-state index is -0.617. The highest BCUT2D eigenvalue weighted by molar-refractivity contribution is 5.33. The molecule has 90 valence electrons. The van der Waals surface area contributed by atoms with Crippen LogP contribution in [0.3, 0.4) is 0 Å². The number of rotatable bonds is 4. The third kappa shape index (κ3) is 2.68. The summed E-state index contributed by atoms with van der Waals surface area (Å²) in [6.45, 7) is 0.831. The lowest BCUT2D eigenvalue weighted by atomic mass is 10.2. The summed E-state index contributed by atoms with van der Waals surface area (Å²) in [5.74, 6) is -1.21. The molecule has 3 nitrogen and oxygen atoms in total. The van der Waals surface area contributed by atoms with E-state index in [4.69, 9.17) is 0 Å². The van der Waals surface area contributed by atoms with Crippen molar-refractivity contribution in [2.24, 2.45) is 0 Å². The predicted octanol–water partition coefficient (Wildman–Crippen LogP) is 1.91. The van der Waals surface area contributed by atoms with Crippen molar-refractivity contribution in [3.63, 3.8) is 0 Å². The second-order valence-electron chi connectivity index (χ2n) is 3.74. The summed E-state index contributed by atoms with van der Waals surface area (Å²) in [6, 6.07) is 3.44. The molecule has 1 aromatic carbocycles. The summed E-state index contributed by atoms with van der Waals surface area (Å²) >= 11 is 0. The second-order valence-corrected chi connectivity index (χ2v) is 3.74. The van der Waals surface area contributed by atoms with Crippen LogP contribution < -0.4 is 5.32 Å². The zero-order chi connectivity index (χ0) is 12.3. The molecule has 0 saturated carbocycles. The lowest BCUT2D eigenvalue weighted by Crippen LogP contribution is -2.09. The topological polar surface area (TPSA) is 29.9 Å². The van der Waals surface area contributed by atoms with Gasteiger partial charge in [-0.25, -0.2) is 13.5 Å². The van der Waals surface area contributed by atoms with Gasteiger partial charge in [-0.1, -0.05) is 0 Å². The van der Waals surface area contributed by atoms with Crippen LogP contribution in [0.4, 0.5) is 8.78 Å². The van der Waals surface area contributed by atoms with Gasteiger partial charge in [0.05, 0.1) is 6.20 Å². The Labute approximate surface area is 98.1 Å². The number of likely N-dealkylation sites (N-methyl/N-ethyl adjacent to an activating group) is 1. The van der Waals surface area contributed by atoms with Gasteiger partial charge in [0.15, 0.2) is 5.82 Å². The third-order valence-corrected chi connectivity index (χ3v) is 2.46. The van der Waals surface area contributed by atoms with Crippen LogP contribution >= 0.6 is 0 Å². The van der Waals surface area contributed by atoms with Crippen molar-refractivity contribution in [3.8, 4) is 5.69 Å². The van der Waals surface area contributed by atoms with Crippen molar-refractivity contribution >= 4 is 0 Å². The van der Waals surface area contributed by atoms with Gasteiger partial charge >= 0.3 is 0 Å². The van der Waals surface area contributed by atoms with Gasteiger partial charge < -0.3 is 5.32 Å². The van der Waals surface area contributed by atoms with Crippen molar-refractivity contribution in [2.75, 3.05) is 13.6 Å². The standard InChI is InChI=1S/C12H13F2N3/c1-15-5-4-9-7-16-17(8-9)12-3-2-10(13)6-11(12)14/h2-3,6-8,15H,4-5H2,1H3. The van der Waals surface area contributed by atoms with Gasteiger partial charge in [0.25, 0.3) is 0 Å². The summed E-state index contributed by atoms with van der Waals surface area (Å²) in [4.78, 5) is 0. The van der Waals surface area contributed by atoms with Crippen molar-refractivity contribution in [1.82, 2.24) is 15.1 Å². The number of hydrogen-bond donors (Lipinski definition) is 1. The van der Waals surface area contributed by atoms with E-state index in [9.17, 15) is 8.78 Å². The molecule has 0 aliphatic rings. The van der Waals surface area contributed by atoms with Crippen LogP contribution in [0.5, 0.6) is 0 Å². The van der Waals surface area contributed by atoms with Crippen molar-refractivity contribution in [3.05, 3.63) is 47.8 Å². The maximum atomic E-state index is 13.5. The van der Waals surface area contributed by atoms with Crippen molar-refractivity contribution < 1.29 is 8.78 Å². The van der Waals surface area contributed by atoms with Gasteiger partial charge in [-0.2, -0.15) is 5.10 Å². The van der Waals surface area contributed by atoms with Crippen LogP contribution in [0.2, 0.25) is 0 Å². The molecular formula is C12H13F2N3. The van der Waals surface area contributed by atoms with Crippen molar-refractivity contribution in [2.45, 2.75) is 6.42 Å². The summed E-state index contributed by atoms with van der Waals surface area (Å²) in [7, 11) is 1.87. The molecule has 1 aromatic heterocycles. The van der Waals surface area contributed by atoms with E-state index in [1.165, 1.54) is 16.8 Å². The van der Waals surface area contributed by atoms with Crippen molar-refractivity contribution in [1.29, 1.82) is 0 Å². The largest absolute Gasteiger partial charge is 0.319 e. The average Bonchev–Trinajstić information content (AvgIpc) is 2.75. The highest BCUT2D eigenvalue weighted by Gasteiger charge is 2.07. The fraction of sp³-hybridized carbons (Fsp3) is 0.250. The van der Waals surface area contributed by atoms with E-state index in [1.807, 2.05) is 7.05 Å². The lowest BCUT2D eigenvalue weighted by molar-refractivity contribution is 0.573. The van der Waals surface area contributed by atoms with E-state index in [2.05, 4.69) is 10.4 Å². The number of nitrogens with zero attached hydrogens (tertiary/aromatic N) is 2. The number of benzene rings is 1. The van der Waals surface area contributed by atoms with E-state index in [0.29, 0.717) is 0 Å². The summed E-state index contributed by atoms with van der Waals surface area (Å²) < 4.78 is 27.7. The number of hydrogen-bond acceptors (Lipinski definition) is 2. The Kier molecular flexibility index (Phi) is 3.49. The van der Waals surface area contributed by atoms with E-state index < -0.39 is 11.6 Å². The van der Waals surface area contributed by atoms with Crippen LogP contribution in [0.25, 0.3) is 5.69 Å². The SMILES string of the molecule is CNCCc1cnn(-c2ccc(F)cc2F)c1. The van der Waals surface area contributed by atoms with E-state index in [0.717, 1.165) is 24.6 Å². The molecule has 0 fully saturated rings. The molecule has 2 aromatic rings. The van der Waals surface area contributed by atoms with E-state index in [-0.39, 0.29) is 5.69 Å². The summed E-state index contributed by atoms with van der Waals surface area (Å²) in [5, 5.41) is 7.08. The fourth-order valence-electron chi connectivity index (χ4n) is 1.56. The normalized spacial score (nSPS) is 10.8. The van der Waals surface area contributed by atoms with E-state index in [1.54, 1.807) is 12.4 Å². The molecule has 0 unspecified atom stereocenters. The molecule has 0 aliphatic carbocycles. The van der Waals surface area contributed by atoms with E-state index >= 15 is 0 Å². The lowest BCUT2D eigenvalue weighted by Gasteiger charge is -2.02. The molecule has 5 heteroatoms. The Morgan fingerprint density at radius 1 is 1.35 bits per heavy atom. The third-order valence-electron chi connectivity index (χ3n) is 2.46. The first-order chi connectivity index (χ1) is 8.20. The number of aromatic nitrogens is 2. The minimum absolute atomic E-state index is 0.252. The Bertz CT molecular complexity index is 508. The molecule has 0 radical (unpaired) electrons. The molecule has 0 aliphatic heterocycles. The van der Waals surface area contributed by atoms with Gasteiger partial charge in [0.2, 0.25) is 0 Å². The average molecular weight is 237 g/mol. The predicted molar refractivity (Wildman–Crippen MR) is 61.1 cm³/mol. The Morgan fingerprint density at radius 2 is 2.18 bits per heavy atom. The van der Waals surface area contributed by atoms with Crippen LogP contribution in [-0.4, -0.2) is 23.4 Å². The van der Waals surface area contributed by atoms with Gasteiger partial charge in [0, 0.05) is 12.3 Å². The first-order valence-corrected chi connectivity index (χ1v) is 5.34. The Balaban J connectivity index is 2.24. The van der Waals surface area contributed by atoms with Gasteiger partial charge in [-0.15, -0.1) is 0 Å². The number of nitrogens with one attached hydrogen (secondary N) is 1. The molecule has 2 rings (SSSR count). The minimum Gasteiger partial charge on any atom is -0.319 e. The first-order valence-electron chi connectivity index (χ1n) is 5.34. The second kappa shape index (κ2) is 5.05. The zero-order valence-electron chi connectivity index (χ0n) is 9.45. The van der Waals surface area contributed by atoms with Crippen LogP contribution in [0.15, 0.2) is 30.6 Å². The summed E-state index contributed by atoms with van der Waals surface area (Å²) in [6.07, 6.45) is 4.24. The summed E-state index contributed by atoms with van der Waals surface area (Å²) in [5.41, 5.74) is 1.25. The molecule has 0 bridgehead atoms. The molecule has 0 amide bonds. The highest BCUT2D eigenvalue weighted by atomic mass is 19.1.